The van der Waals surface area contributed by atoms with Gasteiger partial charge in [-0.3, -0.25) is 14.7 Å². The van der Waals surface area contributed by atoms with Crippen molar-refractivity contribution in [2.75, 3.05) is 34.4 Å². The fourth-order valence-corrected chi connectivity index (χ4v) is 5.27. The number of aromatic nitrogens is 1. The van der Waals surface area contributed by atoms with Crippen LogP contribution in [0.3, 0.4) is 0 Å². The highest BCUT2D eigenvalue weighted by Crippen LogP contribution is 2.31. The Hall–Kier alpha value is -4.10. The van der Waals surface area contributed by atoms with Crippen LogP contribution in [0.1, 0.15) is 34.3 Å². The van der Waals surface area contributed by atoms with Crippen LogP contribution in [-0.4, -0.2) is 61.2 Å². The summed E-state index contributed by atoms with van der Waals surface area (Å²) in [4.78, 5) is 21.9. The second-order valence-corrected chi connectivity index (χ2v) is 9.95. The molecule has 7 nitrogen and oxygen atoms in total. The van der Waals surface area contributed by atoms with Crippen molar-refractivity contribution in [2.24, 2.45) is 0 Å². The highest BCUT2D eigenvalue weighted by atomic mass is 16.5. The first-order chi connectivity index (χ1) is 19.1. The van der Waals surface area contributed by atoms with Crippen LogP contribution in [0.5, 0.6) is 17.2 Å². The van der Waals surface area contributed by atoms with Crippen LogP contribution in [0, 0.1) is 0 Å². The second kappa shape index (κ2) is 12.2. The molecular weight excluding hydrogens is 490 g/mol. The molecule has 39 heavy (non-hydrogen) atoms. The molecule has 0 N–H and O–H groups in total. The molecule has 1 amide bonds. The number of amides is 1. The molecule has 0 aliphatic carbocycles. The summed E-state index contributed by atoms with van der Waals surface area (Å²) < 4.78 is 17.2. The Labute approximate surface area is 229 Å². The summed E-state index contributed by atoms with van der Waals surface area (Å²) in [5.41, 5.74) is 3.96. The molecule has 0 spiro atoms. The zero-order valence-corrected chi connectivity index (χ0v) is 22.8. The van der Waals surface area contributed by atoms with Crippen molar-refractivity contribution >= 4 is 16.8 Å². The SMILES string of the molecule is COc1cccc(OC)c1C(=O)N1CCC(Oc2cccc(CN(C)Cc3cccc4ncccc34)c2)CC1. The van der Waals surface area contributed by atoms with Gasteiger partial charge in [-0.2, -0.15) is 0 Å². The minimum absolute atomic E-state index is 0.0600. The van der Waals surface area contributed by atoms with Crippen LogP contribution >= 0.6 is 0 Å². The van der Waals surface area contributed by atoms with Crippen LogP contribution in [0.4, 0.5) is 0 Å². The van der Waals surface area contributed by atoms with E-state index in [1.165, 1.54) is 16.5 Å². The van der Waals surface area contributed by atoms with Crippen molar-refractivity contribution in [3.8, 4) is 17.2 Å². The van der Waals surface area contributed by atoms with Gasteiger partial charge in [0.05, 0.1) is 19.7 Å². The maximum atomic E-state index is 13.3. The number of ether oxygens (including phenoxy) is 3. The maximum Gasteiger partial charge on any atom is 0.261 e. The van der Waals surface area contributed by atoms with Crippen molar-refractivity contribution in [3.05, 3.63) is 95.7 Å². The molecule has 1 fully saturated rings. The molecule has 1 aliphatic rings. The Morgan fingerprint density at radius 2 is 1.64 bits per heavy atom. The minimum atomic E-state index is -0.0743. The fourth-order valence-electron chi connectivity index (χ4n) is 5.27. The zero-order chi connectivity index (χ0) is 27.2. The fraction of sp³-hybridized carbons (Fsp3) is 0.312. The lowest BCUT2D eigenvalue weighted by molar-refractivity contribution is 0.0589. The van der Waals surface area contributed by atoms with Crippen LogP contribution < -0.4 is 14.2 Å². The number of benzene rings is 3. The largest absolute Gasteiger partial charge is 0.496 e. The van der Waals surface area contributed by atoms with Gasteiger partial charge in [-0.15, -0.1) is 0 Å². The first-order valence-electron chi connectivity index (χ1n) is 13.3. The molecule has 1 saturated heterocycles. The van der Waals surface area contributed by atoms with E-state index in [1.807, 2.05) is 35.4 Å². The molecular formula is C32H35N3O4. The third kappa shape index (κ3) is 6.15. The first kappa shape index (κ1) is 26.5. The molecule has 1 aliphatic heterocycles. The number of nitrogens with zero attached hydrogens (tertiary/aromatic N) is 3. The Kier molecular flexibility index (Phi) is 8.27. The summed E-state index contributed by atoms with van der Waals surface area (Å²) >= 11 is 0. The van der Waals surface area contributed by atoms with Crippen LogP contribution in [0.15, 0.2) is 79.0 Å². The van der Waals surface area contributed by atoms with Gasteiger partial charge in [0.2, 0.25) is 0 Å². The summed E-state index contributed by atoms with van der Waals surface area (Å²) in [6.45, 7) is 2.87. The van der Waals surface area contributed by atoms with Crippen molar-refractivity contribution in [1.29, 1.82) is 0 Å². The van der Waals surface area contributed by atoms with E-state index >= 15 is 0 Å². The lowest BCUT2D eigenvalue weighted by Crippen LogP contribution is -2.42. The molecule has 0 saturated carbocycles. The molecule has 3 aromatic carbocycles. The molecule has 2 heterocycles. The van der Waals surface area contributed by atoms with Crippen LogP contribution in [0.2, 0.25) is 0 Å². The predicted molar refractivity (Wildman–Crippen MR) is 152 cm³/mol. The number of fused-ring (bicyclic) bond motifs is 1. The van der Waals surface area contributed by atoms with E-state index in [2.05, 4.69) is 53.3 Å². The third-order valence-electron chi connectivity index (χ3n) is 7.20. The molecule has 202 valence electrons. The molecule has 7 heteroatoms. The number of rotatable bonds is 9. The Morgan fingerprint density at radius 3 is 2.38 bits per heavy atom. The van der Waals surface area contributed by atoms with Gasteiger partial charge in [0.15, 0.2) is 0 Å². The third-order valence-corrected chi connectivity index (χ3v) is 7.20. The molecule has 1 aromatic heterocycles. The number of carbonyl (C=O) groups is 1. The van der Waals surface area contributed by atoms with Gasteiger partial charge in [-0.05, 0) is 54.6 Å². The number of hydrogen-bond donors (Lipinski definition) is 0. The highest BCUT2D eigenvalue weighted by molar-refractivity contribution is 5.99. The summed E-state index contributed by atoms with van der Waals surface area (Å²) in [7, 11) is 5.27. The van der Waals surface area contributed by atoms with E-state index in [4.69, 9.17) is 14.2 Å². The number of methoxy groups -OCH3 is 2. The normalized spacial score (nSPS) is 14.0. The summed E-state index contributed by atoms with van der Waals surface area (Å²) in [5.74, 6) is 1.84. The van der Waals surface area contributed by atoms with Gasteiger partial charge in [0.25, 0.3) is 5.91 Å². The lowest BCUT2D eigenvalue weighted by atomic mass is 10.0. The van der Waals surface area contributed by atoms with Crippen molar-refractivity contribution in [2.45, 2.75) is 32.0 Å². The van der Waals surface area contributed by atoms with Gasteiger partial charge in [-0.25, -0.2) is 0 Å². The number of likely N-dealkylation sites (tertiary alicyclic amines) is 1. The van der Waals surface area contributed by atoms with Gasteiger partial charge in [0.1, 0.15) is 28.9 Å². The van der Waals surface area contributed by atoms with Gasteiger partial charge in [-0.1, -0.05) is 36.4 Å². The van der Waals surface area contributed by atoms with Crippen molar-refractivity contribution < 1.29 is 19.0 Å². The average molecular weight is 526 g/mol. The monoisotopic (exact) mass is 525 g/mol. The van der Waals surface area contributed by atoms with E-state index in [-0.39, 0.29) is 12.0 Å². The smallest absolute Gasteiger partial charge is 0.261 e. The average Bonchev–Trinajstić information content (AvgIpc) is 2.97. The second-order valence-electron chi connectivity index (χ2n) is 9.95. The van der Waals surface area contributed by atoms with Crippen molar-refractivity contribution in [3.63, 3.8) is 0 Å². The summed E-state index contributed by atoms with van der Waals surface area (Å²) in [6, 6.07) is 24.1. The molecule has 0 atom stereocenters. The summed E-state index contributed by atoms with van der Waals surface area (Å²) in [6.07, 6.45) is 3.43. The van der Waals surface area contributed by atoms with E-state index in [9.17, 15) is 4.79 Å². The van der Waals surface area contributed by atoms with E-state index < -0.39 is 0 Å². The Morgan fingerprint density at radius 1 is 0.923 bits per heavy atom. The highest BCUT2D eigenvalue weighted by Gasteiger charge is 2.28. The predicted octanol–water partition coefficient (Wildman–Crippen LogP) is 5.57. The van der Waals surface area contributed by atoms with E-state index in [0.29, 0.717) is 30.2 Å². The lowest BCUT2D eigenvalue weighted by Gasteiger charge is -2.33. The minimum Gasteiger partial charge on any atom is -0.496 e. The summed E-state index contributed by atoms with van der Waals surface area (Å²) in [5, 5.41) is 1.19. The molecule has 0 radical (unpaired) electrons. The molecule has 0 unspecified atom stereocenters. The maximum absolute atomic E-state index is 13.3. The zero-order valence-electron chi connectivity index (χ0n) is 22.8. The standard InChI is InChI=1S/C32H35N3O4/c1-34(22-24-9-5-12-28-27(24)11-7-17-33-28)21-23-8-4-10-26(20-23)39-25-15-18-35(19-16-25)32(36)31-29(37-2)13-6-14-30(31)38-3/h4-14,17,20,25H,15-16,18-19,21-22H2,1-3H3. The van der Waals surface area contributed by atoms with Gasteiger partial charge in [0, 0.05) is 50.6 Å². The number of pyridine rings is 1. The van der Waals surface area contributed by atoms with Crippen LogP contribution in [-0.2, 0) is 13.1 Å². The molecule has 4 aromatic rings. The number of hydrogen-bond acceptors (Lipinski definition) is 6. The number of piperidine rings is 1. The first-order valence-corrected chi connectivity index (χ1v) is 13.3. The van der Waals surface area contributed by atoms with E-state index in [1.54, 1.807) is 26.4 Å². The van der Waals surface area contributed by atoms with E-state index in [0.717, 1.165) is 37.2 Å². The Balaban J connectivity index is 1.17. The molecule has 0 bridgehead atoms. The number of carbonyl (C=O) groups excluding carboxylic acids is 1. The molecule has 5 rings (SSSR count). The van der Waals surface area contributed by atoms with Gasteiger partial charge >= 0.3 is 0 Å². The van der Waals surface area contributed by atoms with Gasteiger partial charge < -0.3 is 19.1 Å². The topological polar surface area (TPSA) is 64.1 Å². The quantitative estimate of drug-likeness (QED) is 0.285. The van der Waals surface area contributed by atoms with Crippen LogP contribution in [0.25, 0.3) is 10.9 Å². The van der Waals surface area contributed by atoms with Crippen molar-refractivity contribution in [1.82, 2.24) is 14.8 Å². The Bertz CT molecular complexity index is 1400.